The van der Waals surface area contributed by atoms with E-state index in [1.807, 2.05) is 6.92 Å². The second-order valence-electron chi connectivity index (χ2n) is 3.90. The van der Waals surface area contributed by atoms with Crippen molar-refractivity contribution in [2.24, 2.45) is 5.10 Å². The number of anilines is 1. The van der Waals surface area contributed by atoms with Crippen molar-refractivity contribution in [3.8, 4) is 0 Å². The molecule has 0 radical (unpaired) electrons. The molecule has 0 bridgehead atoms. The van der Waals surface area contributed by atoms with Gasteiger partial charge in [0.1, 0.15) is 5.82 Å². The van der Waals surface area contributed by atoms with Gasteiger partial charge in [0.15, 0.2) is 0 Å². The zero-order valence-electron chi connectivity index (χ0n) is 9.80. The lowest BCUT2D eigenvalue weighted by Gasteiger charge is -2.03. The first-order valence-electron chi connectivity index (χ1n) is 5.35. The maximum Gasteiger partial charge on any atom is 0.273 e. The molecule has 0 saturated carbocycles. The Kier molecular flexibility index (Phi) is 3.48. The van der Waals surface area contributed by atoms with Gasteiger partial charge >= 0.3 is 0 Å². The van der Waals surface area contributed by atoms with Crippen LogP contribution in [0.1, 0.15) is 11.1 Å². The molecular weight excluding hydrogens is 250 g/mol. The molecule has 18 heavy (non-hydrogen) atoms. The predicted octanol–water partition coefficient (Wildman–Crippen LogP) is 2.27. The first-order chi connectivity index (χ1) is 8.56. The monoisotopic (exact) mass is 261 g/mol. The lowest BCUT2D eigenvalue weighted by molar-refractivity contribution is 0.843. The van der Waals surface area contributed by atoms with Crippen LogP contribution in [0.3, 0.4) is 0 Å². The Morgan fingerprint density at radius 3 is 2.56 bits per heavy atom. The van der Waals surface area contributed by atoms with Gasteiger partial charge in [0, 0.05) is 11.1 Å². The molecule has 0 aliphatic rings. The normalized spacial score (nSPS) is 11.0. The molecule has 0 saturated heterocycles. The highest BCUT2D eigenvalue weighted by Gasteiger charge is 1.99. The van der Waals surface area contributed by atoms with Gasteiger partial charge in [-0.15, -0.1) is 0 Å². The fourth-order valence-electron chi connectivity index (χ4n) is 1.52. The van der Waals surface area contributed by atoms with Crippen molar-refractivity contribution in [2.75, 3.05) is 5.73 Å². The summed E-state index contributed by atoms with van der Waals surface area (Å²) >= 11 is 5.78. The smallest absolute Gasteiger partial charge is 0.273 e. The lowest BCUT2D eigenvalue weighted by atomic mass is 10.2. The molecule has 2 aromatic rings. The number of aromatic nitrogens is 1. The highest BCUT2D eigenvalue weighted by molar-refractivity contribution is 6.30. The number of aryl methyl sites for hydroxylation is 1. The first-order valence-corrected chi connectivity index (χ1v) is 5.73. The van der Waals surface area contributed by atoms with Crippen LogP contribution in [0.5, 0.6) is 0 Å². The average Bonchev–Trinajstić information content (AvgIpc) is 2.30. The van der Waals surface area contributed by atoms with Crippen LogP contribution in [0.2, 0.25) is 5.02 Å². The topological polar surface area (TPSA) is 60.4 Å². The summed E-state index contributed by atoms with van der Waals surface area (Å²) in [5.41, 5.74) is 7.14. The van der Waals surface area contributed by atoms with E-state index in [0.29, 0.717) is 10.8 Å². The maximum atomic E-state index is 11.7. The van der Waals surface area contributed by atoms with E-state index < -0.39 is 0 Å². The van der Waals surface area contributed by atoms with Gasteiger partial charge in [-0.3, -0.25) is 4.79 Å². The number of nitrogens with two attached hydrogens (primary N) is 1. The number of hydrogen-bond acceptors (Lipinski definition) is 3. The SMILES string of the molecule is Cc1cc(N)n(/N=C\c2ccc(Cl)cc2)c(=O)c1. The third kappa shape index (κ3) is 2.78. The minimum absolute atomic E-state index is 0.252. The number of nitrogen functional groups attached to an aromatic ring is 1. The van der Waals surface area contributed by atoms with Crippen LogP contribution < -0.4 is 11.3 Å². The van der Waals surface area contributed by atoms with E-state index in [0.717, 1.165) is 15.8 Å². The van der Waals surface area contributed by atoms with Crippen LogP contribution in [0.15, 0.2) is 46.3 Å². The van der Waals surface area contributed by atoms with Gasteiger partial charge in [-0.2, -0.15) is 9.78 Å². The predicted molar refractivity (Wildman–Crippen MR) is 74.3 cm³/mol. The van der Waals surface area contributed by atoms with Gasteiger partial charge < -0.3 is 5.73 Å². The van der Waals surface area contributed by atoms with E-state index in [2.05, 4.69) is 5.10 Å². The quantitative estimate of drug-likeness (QED) is 0.843. The molecule has 1 aromatic heterocycles. The molecule has 1 aromatic carbocycles. The van der Waals surface area contributed by atoms with Crippen LogP contribution in [-0.4, -0.2) is 10.9 Å². The van der Waals surface area contributed by atoms with Crippen molar-refractivity contribution in [1.29, 1.82) is 0 Å². The molecule has 2 rings (SSSR count). The molecule has 4 nitrogen and oxygen atoms in total. The molecule has 2 N–H and O–H groups in total. The minimum Gasteiger partial charge on any atom is -0.384 e. The second-order valence-corrected chi connectivity index (χ2v) is 4.34. The number of hydrogen-bond donors (Lipinski definition) is 1. The molecule has 0 unspecified atom stereocenters. The van der Waals surface area contributed by atoms with Crippen molar-refractivity contribution >= 4 is 23.6 Å². The van der Waals surface area contributed by atoms with E-state index >= 15 is 0 Å². The van der Waals surface area contributed by atoms with E-state index in [1.54, 1.807) is 36.5 Å². The number of rotatable bonds is 2. The Hall–Kier alpha value is -2.07. The van der Waals surface area contributed by atoms with Crippen LogP contribution in [-0.2, 0) is 0 Å². The Bertz CT molecular complexity index is 644. The number of halogens is 1. The fraction of sp³-hybridized carbons (Fsp3) is 0.0769. The molecule has 0 aliphatic heterocycles. The van der Waals surface area contributed by atoms with Crippen molar-refractivity contribution in [1.82, 2.24) is 4.68 Å². The Balaban J connectivity index is 2.35. The van der Waals surface area contributed by atoms with Crippen LogP contribution in [0.4, 0.5) is 5.82 Å². The van der Waals surface area contributed by atoms with Crippen molar-refractivity contribution in [3.05, 3.63) is 62.9 Å². The summed E-state index contributed by atoms with van der Waals surface area (Å²) in [5, 5.41) is 4.71. The third-order valence-corrected chi connectivity index (χ3v) is 2.62. The Labute approximate surface area is 109 Å². The highest BCUT2D eigenvalue weighted by atomic mass is 35.5. The van der Waals surface area contributed by atoms with E-state index in [1.165, 1.54) is 6.07 Å². The molecule has 0 fully saturated rings. The summed E-state index contributed by atoms with van der Waals surface area (Å²) in [5.74, 6) is 0.310. The summed E-state index contributed by atoms with van der Waals surface area (Å²) in [7, 11) is 0. The summed E-state index contributed by atoms with van der Waals surface area (Å²) < 4.78 is 1.15. The maximum absolute atomic E-state index is 11.7. The summed E-state index contributed by atoms with van der Waals surface area (Å²) in [6.07, 6.45) is 1.56. The zero-order valence-corrected chi connectivity index (χ0v) is 10.6. The first kappa shape index (κ1) is 12.4. The van der Waals surface area contributed by atoms with Crippen LogP contribution in [0.25, 0.3) is 0 Å². The second kappa shape index (κ2) is 5.06. The Morgan fingerprint density at radius 2 is 1.94 bits per heavy atom. The molecule has 1 heterocycles. The van der Waals surface area contributed by atoms with Crippen LogP contribution in [0, 0.1) is 6.92 Å². The average molecular weight is 262 g/mol. The number of benzene rings is 1. The van der Waals surface area contributed by atoms with E-state index in [9.17, 15) is 4.79 Å². The van der Waals surface area contributed by atoms with Gasteiger partial charge in [0.25, 0.3) is 5.56 Å². The molecule has 0 aliphatic carbocycles. The summed E-state index contributed by atoms with van der Waals surface area (Å²) in [6, 6.07) is 10.3. The molecule has 92 valence electrons. The van der Waals surface area contributed by atoms with Gasteiger partial charge in [0.05, 0.1) is 6.21 Å². The van der Waals surface area contributed by atoms with Crippen molar-refractivity contribution in [2.45, 2.75) is 6.92 Å². The van der Waals surface area contributed by atoms with Gasteiger partial charge in [-0.25, -0.2) is 0 Å². The zero-order chi connectivity index (χ0) is 13.1. The summed E-state index contributed by atoms with van der Waals surface area (Å²) in [4.78, 5) is 11.7. The van der Waals surface area contributed by atoms with Crippen molar-refractivity contribution in [3.63, 3.8) is 0 Å². The lowest BCUT2D eigenvalue weighted by Crippen LogP contribution is -2.19. The van der Waals surface area contributed by atoms with E-state index in [4.69, 9.17) is 17.3 Å². The highest BCUT2D eigenvalue weighted by Crippen LogP contribution is 2.08. The van der Waals surface area contributed by atoms with Gasteiger partial charge in [0.2, 0.25) is 0 Å². The molecule has 0 amide bonds. The Morgan fingerprint density at radius 1 is 1.28 bits per heavy atom. The minimum atomic E-state index is -0.252. The van der Waals surface area contributed by atoms with Gasteiger partial charge in [-0.05, 0) is 36.2 Å². The van der Waals surface area contributed by atoms with Gasteiger partial charge in [-0.1, -0.05) is 23.7 Å². The van der Waals surface area contributed by atoms with Crippen molar-refractivity contribution < 1.29 is 0 Å². The fourth-order valence-corrected chi connectivity index (χ4v) is 1.64. The standard InChI is InChI=1S/C13H12ClN3O/c1-9-6-12(15)17(13(18)7-9)16-8-10-2-4-11(14)5-3-10/h2-8H,15H2,1H3/b16-8-. The number of nitrogens with zero attached hydrogens (tertiary/aromatic N) is 2. The third-order valence-electron chi connectivity index (χ3n) is 2.37. The molecule has 0 atom stereocenters. The number of pyridine rings is 1. The largest absolute Gasteiger partial charge is 0.384 e. The van der Waals surface area contributed by atoms with Crippen LogP contribution >= 0.6 is 11.6 Å². The molecule has 5 heteroatoms. The summed E-state index contributed by atoms with van der Waals surface area (Å²) in [6.45, 7) is 1.81. The van der Waals surface area contributed by atoms with E-state index in [-0.39, 0.29) is 5.56 Å². The molecule has 0 spiro atoms. The molecular formula is C13H12ClN3O.